The van der Waals surface area contributed by atoms with Gasteiger partial charge in [-0.2, -0.15) is 0 Å². The molecule has 0 bridgehead atoms. The Labute approximate surface area is 89.6 Å². The van der Waals surface area contributed by atoms with Crippen molar-refractivity contribution in [2.45, 2.75) is 0 Å². The predicted octanol–water partition coefficient (Wildman–Crippen LogP) is -8.50. The molecule has 0 heterocycles. The molecule has 0 amide bonds. The number of hydrogen-bond acceptors (Lipinski definition) is 5. The van der Waals surface area contributed by atoms with Gasteiger partial charge in [0.1, 0.15) is 0 Å². The molecular formula is C2H9Li2NO5S. The van der Waals surface area contributed by atoms with Crippen molar-refractivity contribution in [2.75, 3.05) is 12.3 Å². The summed E-state index contributed by atoms with van der Waals surface area (Å²) in [5.74, 6) is -0.465. The van der Waals surface area contributed by atoms with E-state index in [0.29, 0.717) is 0 Å². The van der Waals surface area contributed by atoms with Crippen LogP contribution in [0.1, 0.15) is 0 Å². The van der Waals surface area contributed by atoms with Crippen molar-refractivity contribution in [3.05, 3.63) is 0 Å². The Bertz CT molecular complexity index is 135. The average molecular weight is 173 g/mol. The molecule has 6 nitrogen and oxygen atoms in total. The van der Waals surface area contributed by atoms with E-state index >= 15 is 0 Å². The maximum absolute atomic E-state index is 9.60. The molecule has 11 heavy (non-hydrogen) atoms. The molecule has 60 valence electrons. The third-order valence-corrected chi connectivity index (χ3v) is 1.10. The zero-order chi connectivity index (χ0) is 5.91. The van der Waals surface area contributed by atoms with Crippen LogP contribution in [0.3, 0.4) is 0 Å². The van der Waals surface area contributed by atoms with Crippen molar-refractivity contribution in [3.63, 3.8) is 0 Å². The molecule has 0 unspecified atom stereocenters. The first-order chi connectivity index (χ1) is 3.06. The Kier molecular flexibility index (Phi) is 36.6. The first-order valence-electron chi connectivity index (χ1n) is 1.70. The van der Waals surface area contributed by atoms with Gasteiger partial charge in [-0.05, 0) is 0 Å². The molecule has 5 N–H and O–H groups in total. The first kappa shape index (κ1) is 29.6. The monoisotopic (exact) mass is 173 g/mol. The molecule has 0 rings (SSSR count). The smallest absolute Gasteiger partial charge is 0.870 e. The summed E-state index contributed by atoms with van der Waals surface area (Å²) in [6, 6.07) is 0. The average Bonchev–Trinajstić information content (AvgIpc) is 1.30. The molecule has 0 aliphatic rings. The minimum absolute atomic E-state index is 0. The summed E-state index contributed by atoms with van der Waals surface area (Å²) in [5, 5.41) is 0. The molecule has 0 saturated heterocycles. The predicted molar refractivity (Wildman–Crippen MR) is 29.2 cm³/mol. The second-order valence-electron chi connectivity index (χ2n) is 1.05. The van der Waals surface area contributed by atoms with Crippen LogP contribution in [0, 0.1) is 0 Å². The van der Waals surface area contributed by atoms with Gasteiger partial charge < -0.3 is 21.2 Å². The van der Waals surface area contributed by atoms with Gasteiger partial charge in [0.25, 0.3) is 0 Å². The topological polar surface area (TPSA) is 145 Å². The SMILES string of the molecule is NCCS(=O)(=O)[O-].O.[Li+].[Li+].[OH-]. The third-order valence-electron chi connectivity index (χ3n) is 0.368. The van der Waals surface area contributed by atoms with Gasteiger partial charge in [-0.25, -0.2) is 8.42 Å². The largest absolute Gasteiger partial charge is 1.00 e. The van der Waals surface area contributed by atoms with E-state index in [4.69, 9.17) is 5.73 Å². The van der Waals surface area contributed by atoms with Gasteiger partial charge in [0, 0.05) is 6.54 Å². The van der Waals surface area contributed by atoms with Gasteiger partial charge in [-0.15, -0.1) is 0 Å². The summed E-state index contributed by atoms with van der Waals surface area (Å²) in [7, 11) is -4.05. The molecule has 0 aromatic heterocycles. The number of hydrogen-bond donors (Lipinski definition) is 1. The Morgan fingerprint density at radius 3 is 1.55 bits per heavy atom. The summed E-state index contributed by atoms with van der Waals surface area (Å²) in [6.45, 7) is -0.0914. The van der Waals surface area contributed by atoms with Crippen LogP contribution in [0.15, 0.2) is 0 Å². The summed E-state index contributed by atoms with van der Waals surface area (Å²) in [6.07, 6.45) is 0. The summed E-state index contributed by atoms with van der Waals surface area (Å²) < 4.78 is 28.8. The standard InChI is InChI=1S/C2H7NO3S.2Li.2H2O/c3-1-2-7(4,5)6;;;;/h1-3H2,(H,4,5,6);;;2*1H2/q;2*+1;;/p-2. The van der Waals surface area contributed by atoms with Crippen molar-refractivity contribution >= 4 is 10.1 Å². The van der Waals surface area contributed by atoms with Gasteiger partial charge in [0.2, 0.25) is 0 Å². The van der Waals surface area contributed by atoms with Gasteiger partial charge in [0.15, 0.2) is 0 Å². The number of rotatable bonds is 2. The zero-order valence-corrected chi connectivity index (χ0v) is 7.39. The fourth-order valence-corrected chi connectivity index (χ4v) is 0.433. The van der Waals surface area contributed by atoms with Gasteiger partial charge in [0.05, 0.1) is 15.9 Å². The maximum atomic E-state index is 9.60. The Morgan fingerprint density at radius 2 is 1.55 bits per heavy atom. The van der Waals surface area contributed by atoms with E-state index in [-0.39, 0.29) is 55.2 Å². The molecule has 0 fully saturated rings. The van der Waals surface area contributed by atoms with E-state index in [1.165, 1.54) is 0 Å². The third kappa shape index (κ3) is 35.7. The fraction of sp³-hybridized carbons (Fsp3) is 1.00. The molecule has 0 aromatic rings. The molecule has 0 radical (unpaired) electrons. The minimum Gasteiger partial charge on any atom is -0.870 e. The van der Waals surface area contributed by atoms with Crippen LogP contribution in [0.5, 0.6) is 0 Å². The Morgan fingerprint density at radius 1 is 1.27 bits per heavy atom. The molecule has 0 aliphatic heterocycles. The van der Waals surface area contributed by atoms with Crippen LogP contribution >= 0.6 is 0 Å². The molecule has 0 aromatic carbocycles. The van der Waals surface area contributed by atoms with E-state index in [1.807, 2.05) is 0 Å². The van der Waals surface area contributed by atoms with Crippen molar-refractivity contribution in [1.29, 1.82) is 0 Å². The summed E-state index contributed by atoms with van der Waals surface area (Å²) in [5.41, 5.74) is 4.74. The van der Waals surface area contributed by atoms with E-state index < -0.39 is 15.9 Å². The van der Waals surface area contributed by atoms with E-state index in [0.717, 1.165) is 0 Å². The van der Waals surface area contributed by atoms with E-state index in [9.17, 15) is 13.0 Å². The van der Waals surface area contributed by atoms with Crippen LogP contribution in [0.4, 0.5) is 0 Å². The molecule has 0 aliphatic carbocycles. The minimum atomic E-state index is -4.05. The van der Waals surface area contributed by atoms with Crippen molar-refractivity contribution in [1.82, 2.24) is 0 Å². The van der Waals surface area contributed by atoms with Gasteiger partial charge in [-0.1, -0.05) is 0 Å². The van der Waals surface area contributed by atoms with Crippen molar-refractivity contribution in [2.24, 2.45) is 5.73 Å². The Balaban J connectivity index is -0.0000000300. The second kappa shape index (κ2) is 13.6. The van der Waals surface area contributed by atoms with Crippen LogP contribution in [-0.2, 0) is 10.1 Å². The normalized spacial score (nSPS) is 7.45. The molecule has 0 spiro atoms. The maximum Gasteiger partial charge on any atom is 1.00 e. The molecule has 0 saturated carbocycles. The molecule has 9 heteroatoms. The second-order valence-corrected chi connectivity index (χ2v) is 2.57. The molecular weight excluding hydrogens is 164 g/mol. The fourth-order valence-electron chi connectivity index (χ4n) is 0.144. The zero-order valence-electron chi connectivity index (χ0n) is 6.57. The van der Waals surface area contributed by atoms with E-state index in [1.54, 1.807) is 0 Å². The quantitative estimate of drug-likeness (QED) is 0.325. The van der Waals surface area contributed by atoms with Gasteiger partial charge in [-0.3, -0.25) is 0 Å². The number of nitrogens with two attached hydrogens (primary N) is 1. The van der Waals surface area contributed by atoms with Crippen molar-refractivity contribution < 1.29 is 61.6 Å². The van der Waals surface area contributed by atoms with Crippen LogP contribution in [0.2, 0.25) is 0 Å². The summed E-state index contributed by atoms with van der Waals surface area (Å²) >= 11 is 0. The summed E-state index contributed by atoms with van der Waals surface area (Å²) in [4.78, 5) is 0. The Hall–Kier alpha value is 0.985. The van der Waals surface area contributed by atoms with E-state index in [2.05, 4.69) is 0 Å². The van der Waals surface area contributed by atoms with Crippen LogP contribution < -0.4 is 43.5 Å². The van der Waals surface area contributed by atoms with Crippen LogP contribution in [-0.4, -0.2) is 36.2 Å². The van der Waals surface area contributed by atoms with Gasteiger partial charge >= 0.3 is 37.7 Å². The van der Waals surface area contributed by atoms with Crippen LogP contribution in [0.25, 0.3) is 0 Å². The van der Waals surface area contributed by atoms with Crippen molar-refractivity contribution in [3.8, 4) is 0 Å². The molecule has 0 atom stereocenters. The first-order valence-corrected chi connectivity index (χ1v) is 3.27.